The molecule has 0 atom stereocenters. The Morgan fingerprint density at radius 3 is 2.50 bits per heavy atom. The van der Waals surface area contributed by atoms with E-state index in [0.717, 1.165) is 16.5 Å². The number of rotatable bonds is 5. The molecule has 0 amide bonds. The second-order valence-corrected chi connectivity index (χ2v) is 5.70. The first-order valence-corrected chi connectivity index (χ1v) is 7.96. The summed E-state index contributed by atoms with van der Waals surface area (Å²) in [7, 11) is 2.87. The minimum atomic E-state index is -0.419. The van der Waals surface area contributed by atoms with Crippen molar-refractivity contribution in [1.82, 2.24) is 0 Å². The summed E-state index contributed by atoms with van der Waals surface area (Å²) in [5, 5.41) is 0.879. The molecule has 0 bridgehead atoms. The number of benzene rings is 2. The van der Waals surface area contributed by atoms with E-state index in [1.807, 2.05) is 24.3 Å². The molecule has 0 N–H and O–H groups in total. The molecule has 6 nitrogen and oxygen atoms in total. The van der Waals surface area contributed by atoms with Crippen LogP contribution in [0, 0.1) is 0 Å². The summed E-state index contributed by atoms with van der Waals surface area (Å²) in [6.07, 6.45) is 0.206. The summed E-state index contributed by atoms with van der Waals surface area (Å²) in [6, 6.07) is 12.6. The number of esters is 2. The van der Waals surface area contributed by atoms with Gasteiger partial charge in [0.15, 0.2) is 11.5 Å². The van der Waals surface area contributed by atoms with Crippen molar-refractivity contribution in [3.8, 4) is 22.8 Å². The molecule has 0 saturated carbocycles. The van der Waals surface area contributed by atoms with Gasteiger partial charge >= 0.3 is 11.9 Å². The number of carbonyl (C=O) groups is 2. The van der Waals surface area contributed by atoms with E-state index in [-0.39, 0.29) is 12.4 Å². The molecular formula is C20H18O6. The molecule has 26 heavy (non-hydrogen) atoms. The molecule has 1 aromatic heterocycles. The maximum Gasteiger partial charge on any atom is 0.309 e. The van der Waals surface area contributed by atoms with Gasteiger partial charge in [0, 0.05) is 17.9 Å². The van der Waals surface area contributed by atoms with Gasteiger partial charge < -0.3 is 18.6 Å². The van der Waals surface area contributed by atoms with Crippen molar-refractivity contribution in [3.05, 3.63) is 48.0 Å². The van der Waals surface area contributed by atoms with Crippen molar-refractivity contribution < 1.29 is 28.2 Å². The van der Waals surface area contributed by atoms with Gasteiger partial charge in [-0.05, 0) is 42.0 Å². The highest BCUT2D eigenvalue weighted by Gasteiger charge is 2.13. The predicted molar refractivity (Wildman–Crippen MR) is 95.2 cm³/mol. The molecule has 1 heterocycles. The van der Waals surface area contributed by atoms with Crippen LogP contribution in [0.4, 0.5) is 0 Å². The number of methoxy groups -OCH3 is 2. The largest absolute Gasteiger partial charge is 0.493 e. The maximum absolute atomic E-state index is 11.4. The van der Waals surface area contributed by atoms with Crippen LogP contribution in [0.2, 0.25) is 0 Å². The van der Waals surface area contributed by atoms with Crippen LogP contribution >= 0.6 is 0 Å². The molecule has 3 rings (SSSR count). The van der Waals surface area contributed by atoms with Crippen molar-refractivity contribution in [2.24, 2.45) is 0 Å². The lowest BCUT2D eigenvalue weighted by molar-refractivity contribution is -0.139. The fourth-order valence-electron chi connectivity index (χ4n) is 2.64. The van der Waals surface area contributed by atoms with Crippen LogP contribution in [0.3, 0.4) is 0 Å². The average molecular weight is 354 g/mol. The highest BCUT2D eigenvalue weighted by molar-refractivity contribution is 5.85. The lowest BCUT2D eigenvalue weighted by Gasteiger charge is -2.08. The van der Waals surface area contributed by atoms with Gasteiger partial charge in [0.05, 0.1) is 20.6 Å². The zero-order valence-corrected chi connectivity index (χ0v) is 14.7. The number of hydrogen-bond donors (Lipinski definition) is 0. The zero-order chi connectivity index (χ0) is 18.7. The van der Waals surface area contributed by atoms with Gasteiger partial charge in [-0.25, -0.2) is 0 Å². The molecule has 0 fully saturated rings. The first-order chi connectivity index (χ1) is 12.5. The zero-order valence-electron chi connectivity index (χ0n) is 14.7. The van der Waals surface area contributed by atoms with E-state index in [4.69, 9.17) is 18.6 Å². The highest BCUT2D eigenvalue weighted by atomic mass is 16.6. The summed E-state index contributed by atoms with van der Waals surface area (Å²) in [4.78, 5) is 22.6. The number of ether oxygens (including phenoxy) is 3. The molecule has 134 valence electrons. The molecule has 2 aromatic carbocycles. The third kappa shape index (κ3) is 3.69. The standard InChI is InChI=1S/C20H18O6/c1-12(21)25-17-7-5-14(10-19(17)23-2)18-11-15-8-13(9-20(22)24-3)4-6-16(15)26-18/h4-8,10-11H,9H2,1-3H3. The Hall–Kier alpha value is -3.28. The van der Waals surface area contributed by atoms with E-state index in [0.29, 0.717) is 22.8 Å². The van der Waals surface area contributed by atoms with Crippen LogP contribution in [0.5, 0.6) is 11.5 Å². The smallest absolute Gasteiger partial charge is 0.309 e. The van der Waals surface area contributed by atoms with Crippen LogP contribution in [-0.4, -0.2) is 26.2 Å². The van der Waals surface area contributed by atoms with E-state index >= 15 is 0 Å². The second-order valence-electron chi connectivity index (χ2n) is 5.70. The van der Waals surface area contributed by atoms with Crippen molar-refractivity contribution >= 4 is 22.9 Å². The minimum Gasteiger partial charge on any atom is -0.493 e. The van der Waals surface area contributed by atoms with Crippen molar-refractivity contribution in [2.75, 3.05) is 14.2 Å². The van der Waals surface area contributed by atoms with Gasteiger partial charge in [-0.1, -0.05) is 6.07 Å². The monoisotopic (exact) mass is 354 g/mol. The Morgan fingerprint density at radius 1 is 1.00 bits per heavy atom. The summed E-state index contributed by atoms with van der Waals surface area (Å²) < 4.78 is 21.0. The van der Waals surface area contributed by atoms with Gasteiger partial charge in [-0.3, -0.25) is 9.59 Å². The van der Waals surface area contributed by atoms with Crippen LogP contribution in [-0.2, 0) is 20.7 Å². The van der Waals surface area contributed by atoms with Crippen LogP contribution in [0.1, 0.15) is 12.5 Å². The Bertz CT molecular complexity index is 970. The molecule has 6 heteroatoms. The van der Waals surface area contributed by atoms with Crippen LogP contribution in [0.25, 0.3) is 22.3 Å². The number of carbonyl (C=O) groups excluding carboxylic acids is 2. The fourth-order valence-corrected chi connectivity index (χ4v) is 2.64. The third-order valence-corrected chi connectivity index (χ3v) is 3.86. The minimum absolute atomic E-state index is 0.206. The first kappa shape index (κ1) is 17.5. The summed E-state index contributed by atoms with van der Waals surface area (Å²) >= 11 is 0. The molecular weight excluding hydrogens is 336 g/mol. The van der Waals surface area contributed by atoms with Gasteiger partial charge in [0.25, 0.3) is 0 Å². The van der Waals surface area contributed by atoms with Crippen molar-refractivity contribution in [2.45, 2.75) is 13.3 Å². The Balaban J connectivity index is 1.94. The molecule has 0 spiro atoms. The second kappa shape index (κ2) is 7.31. The predicted octanol–water partition coefficient (Wildman–Crippen LogP) is 3.75. The van der Waals surface area contributed by atoms with E-state index in [1.54, 1.807) is 18.2 Å². The molecule has 0 aliphatic carbocycles. The van der Waals surface area contributed by atoms with Crippen molar-refractivity contribution in [3.63, 3.8) is 0 Å². The van der Waals surface area contributed by atoms with E-state index < -0.39 is 5.97 Å². The summed E-state index contributed by atoms with van der Waals surface area (Å²) in [5.41, 5.74) is 2.33. The van der Waals surface area contributed by atoms with Crippen LogP contribution in [0.15, 0.2) is 46.9 Å². The quantitative estimate of drug-likeness (QED) is 0.513. The fraction of sp³-hybridized carbons (Fsp3) is 0.200. The lowest BCUT2D eigenvalue weighted by atomic mass is 10.1. The summed E-state index contributed by atoms with van der Waals surface area (Å²) in [5.74, 6) is 0.712. The molecule has 0 radical (unpaired) electrons. The SMILES string of the molecule is COC(=O)Cc1ccc2oc(-c3ccc(OC(C)=O)c(OC)c3)cc2c1. The van der Waals surface area contributed by atoms with E-state index in [9.17, 15) is 9.59 Å². The summed E-state index contributed by atoms with van der Waals surface area (Å²) in [6.45, 7) is 1.33. The number of fused-ring (bicyclic) bond motifs is 1. The van der Waals surface area contributed by atoms with Gasteiger partial charge in [-0.15, -0.1) is 0 Å². The normalized spacial score (nSPS) is 10.6. The van der Waals surface area contributed by atoms with Gasteiger partial charge in [0.1, 0.15) is 11.3 Å². The molecule has 0 aliphatic rings. The molecule has 0 aliphatic heterocycles. The first-order valence-electron chi connectivity index (χ1n) is 7.96. The Kier molecular flexibility index (Phi) is 4.93. The Labute approximate surface area is 150 Å². The lowest BCUT2D eigenvalue weighted by Crippen LogP contribution is -2.03. The number of furan rings is 1. The molecule has 3 aromatic rings. The maximum atomic E-state index is 11.4. The third-order valence-electron chi connectivity index (χ3n) is 3.86. The Morgan fingerprint density at radius 2 is 1.81 bits per heavy atom. The molecule has 0 unspecified atom stereocenters. The number of hydrogen-bond acceptors (Lipinski definition) is 6. The topological polar surface area (TPSA) is 75.0 Å². The highest BCUT2D eigenvalue weighted by Crippen LogP contribution is 2.35. The van der Waals surface area contributed by atoms with Crippen molar-refractivity contribution in [1.29, 1.82) is 0 Å². The van der Waals surface area contributed by atoms with Gasteiger partial charge in [-0.2, -0.15) is 0 Å². The average Bonchev–Trinajstić information content (AvgIpc) is 3.04. The molecule has 0 saturated heterocycles. The van der Waals surface area contributed by atoms with Gasteiger partial charge in [0.2, 0.25) is 0 Å². The van der Waals surface area contributed by atoms with E-state index in [1.165, 1.54) is 21.1 Å². The van der Waals surface area contributed by atoms with E-state index in [2.05, 4.69) is 0 Å². The van der Waals surface area contributed by atoms with Crippen LogP contribution < -0.4 is 9.47 Å².